The summed E-state index contributed by atoms with van der Waals surface area (Å²) in [6.07, 6.45) is 4.86. The first-order valence-corrected chi connectivity index (χ1v) is 15.1. The summed E-state index contributed by atoms with van der Waals surface area (Å²) in [5, 5.41) is 59.1. The van der Waals surface area contributed by atoms with Crippen LogP contribution in [0.15, 0.2) is 55.0 Å². The Morgan fingerprint density at radius 2 is 1.82 bits per heavy atom. The molecule has 5 N–H and O–H groups in total. The second-order valence-electron chi connectivity index (χ2n) is 11.6. The minimum Gasteiger partial charge on any atom is -0.378 e. The van der Waals surface area contributed by atoms with Gasteiger partial charge in [0.05, 0.1) is 37.3 Å². The van der Waals surface area contributed by atoms with E-state index in [-0.39, 0.29) is 19.5 Å². The smallest absolute Gasteiger partial charge is 0.350 e. The fourth-order valence-electron chi connectivity index (χ4n) is 5.96. The Labute approximate surface area is 260 Å². The molecule has 0 unspecified atom stereocenters. The normalized spacial score (nSPS) is 15.6. The number of rotatable bonds is 11. The van der Waals surface area contributed by atoms with Crippen LogP contribution >= 0.6 is 0 Å². The van der Waals surface area contributed by atoms with Gasteiger partial charge < -0.3 is 35.2 Å². The van der Waals surface area contributed by atoms with Gasteiger partial charge in [0.1, 0.15) is 0 Å². The molecule has 1 aliphatic heterocycles. The third-order valence-corrected chi connectivity index (χ3v) is 8.22. The van der Waals surface area contributed by atoms with Gasteiger partial charge in [0.15, 0.2) is 5.82 Å². The molecule has 0 amide bonds. The van der Waals surface area contributed by atoms with Crippen molar-refractivity contribution in [2.75, 3.05) is 37.7 Å². The van der Waals surface area contributed by atoms with E-state index in [9.17, 15) is 25.5 Å². The third kappa shape index (κ3) is 6.70. The molecule has 0 atom stereocenters. The van der Waals surface area contributed by atoms with Gasteiger partial charge in [-0.25, -0.2) is 9.67 Å². The van der Waals surface area contributed by atoms with Gasteiger partial charge in [-0.2, -0.15) is 15.1 Å². The van der Waals surface area contributed by atoms with Crippen LogP contribution < -0.4 is 4.90 Å². The Kier molecular flexibility index (Phi) is 8.59. The minimum absolute atomic E-state index is 0.0558. The van der Waals surface area contributed by atoms with E-state index in [0.717, 1.165) is 52.4 Å². The van der Waals surface area contributed by atoms with Gasteiger partial charge >= 0.3 is 6.10 Å². The van der Waals surface area contributed by atoms with Crippen molar-refractivity contribution in [1.82, 2.24) is 29.4 Å². The molecule has 2 aliphatic rings. The molecule has 1 aliphatic carbocycles. The van der Waals surface area contributed by atoms with Crippen LogP contribution in [0.4, 0.5) is 5.69 Å². The maximum absolute atomic E-state index is 10.3. The van der Waals surface area contributed by atoms with Crippen molar-refractivity contribution < 1.29 is 30.3 Å². The summed E-state index contributed by atoms with van der Waals surface area (Å²) in [5.74, 6) is -1.90. The van der Waals surface area contributed by atoms with Gasteiger partial charge in [-0.15, -0.1) is 0 Å². The van der Waals surface area contributed by atoms with Gasteiger partial charge in [-0.3, -0.25) is 4.68 Å². The molecule has 4 heterocycles. The van der Waals surface area contributed by atoms with E-state index in [0.29, 0.717) is 36.8 Å². The number of anilines is 1. The summed E-state index contributed by atoms with van der Waals surface area (Å²) in [4.78, 5) is 7.75. The van der Waals surface area contributed by atoms with E-state index in [4.69, 9.17) is 14.8 Å². The molecule has 1 fully saturated rings. The number of hydrogen-bond acceptors (Lipinski definition) is 11. The fraction of sp³-hybridized carbons (Fsp3) is 0.406. The van der Waals surface area contributed by atoms with Crippen molar-refractivity contribution in [2.45, 2.75) is 51.7 Å². The number of fused-ring (bicyclic) bond motifs is 1. The largest absolute Gasteiger partial charge is 0.378 e. The quantitative estimate of drug-likeness (QED) is 0.156. The molecule has 45 heavy (non-hydrogen) atoms. The lowest BCUT2D eigenvalue weighted by Crippen LogP contribution is -2.62. The first kappa shape index (κ1) is 31.0. The number of benzene rings is 1. The van der Waals surface area contributed by atoms with E-state index < -0.39 is 12.0 Å². The molecule has 13 nitrogen and oxygen atoms in total. The maximum atomic E-state index is 10.3. The van der Waals surface area contributed by atoms with Gasteiger partial charge in [-0.05, 0) is 37.1 Å². The molecule has 0 spiro atoms. The third-order valence-electron chi connectivity index (χ3n) is 8.22. The Morgan fingerprint density at radius 3 is 2.56 bits per heavy atom. The van der Waals surface area contributed by atoms with E-state index in [1.54, 1.807) is 24.0 Å². The zero-order valence-electron chi connectivity index (χ0n) is 25.4. The molecular weight excluding hydrogens is 578 g/mol. The average Bonchev–Trinajstić information content (AvgIpc) is 3.76. The number of aromatic nitrogens is 5. The molecule has 4 aromatic rings. The molecule has 1 aromatic carbocycles. The summed E-state index contributed by atoms with van der Waals surface area (Å²) in [6.45, 7) is 6.36. The van der Waals surface area contributed by atoms with E-state index >= 15 is 0 Å². The van der Waals surface area contributed by atoms with Gasteiger partial charge in [0.2, 0.25) is 5.91 Å². The van der Waals surface area contributed by atoms with Crippen LogP contribution in [-0.2, 0) is 17.7 Å². The van der Waals surface area contributed by atoms with Crippen molar-refractivity contribution in [1.29, 1.82) is 0 Å². The molecule has 1 saturated heterocycles. The first-order chi connectivity index (χ1) is 21.5. The van der Waals surface area contributed by atoms with Crippen molar-refractivity contribution >= 4 is 17.3 Å². The van der Waals surface area contributed by atoms with E-state index in [2.05, 4.69) is 41.2 Å². The summed E-state index contributed by atoms with van der Waals surface area (Å²) >= 11 is 0. The van der Waals surface area contributed by atoms with Crippen LogP contribution in [0.2, 0.25) is 0 Å². The van der Waals surface area contributed by atoms with Crippen molar-refractivity contribution in [3.05, 3.63) is 77.4 Å². The average molecular weight is 618 g/mol. The number of ether oxygens (including phenoxy) is 1. The monoisotopic (exact) mass is 617 g/mol. The zero-order chi connectivity index (χ0) is 31.8. The van der Waals surface area contributed by atoms with Crippen molar-refractivity contribution in [2.24, 2.45) is 0 Å². The van der Waals surface area contributed by atoms with Crippen LogP contribution in [0.25, 0.3) is 28.7 Å². The lowest BCUT2D eigenvalue weighted by Gasteiger charge is -2.39. The van der Waals surface area contributed by atoms with Crippen LogP contribution in [0, 0.1) is 6.92 Å². The number of hydrogen-bond donors (Lipinski definition) is 5. The number of aryl methyl sites for hydroxylation is 1. The molecule has 6 rings (SSSR count). The highest BCUT2D eigenvalue weighted by Gasteiger charge is 2.43. The summed E-state index contributed by atoms with van der Waals surface area (Å²) < 4.78 is 8.99. The second kappa shape index (κ2) is 12.4. The number of morpholine rings is 1. The predicted molar refractivity (Wildman–Crippen MR) is 167 cm³/mol. The lowest BCUT2D eigenvalue weighted by molar-refractivity contribution is -0.462. The molecule has 3 aromatic heterocycles. The Morgan fingerprint density at radius 1 is 1.02 bits per heavy atom. The minimum atomic E-state index is -3.42. The number of nitrogens with zero attached hydrogens (tertiary/aromatic N) is 7. The zero-order valence-corrected chi connectivity index (χ0v) is 25.4. The summed E-state index contributed by atoms with van der Waals surface area (Å²) in [5.41, 5.74) is 7.99. The van der Waals surface area contributed by atoms with E-state index in [1.807, 2.05) is 29.1 Å². The highest BCUT2D eigenvalue weighted by molar-refractivity contribution is 5.90. The van der Waals surface area contributed by atoms with Gasteiger partial charge in [-0.1, -0.05) is 30.7 Å². The first-order valence-electron chi connectivity index (χ1n) is 15.1. The summed E-state index contributed by atoms with van der Waals surface area (Å²) in [6, 6.07) is 12.3. The van der Waals surface area contributed by atoms with E-state index in [1.165, 1.54) is 5.56 Å². The molecule has 0 saturated carbocycles. The van der Waals surface area contributed by atoms with Crippen LogP contribution in [0.1, 0.15) is 42.1 Å². The SMILES string of the molecule is CCCC(O)(O)N(CCn1cc(C2=Cc3nc(-n4ccc(-c5cccc(C)c5)n4)cc(N4CCOCC4)c3C2)cn1)C(O)(O)O. The van der Waals surface area contributed by atoms with Crippen molar-refractivity contribution in [3.8, 4) is 17.1 Å². The Balaban J connectivity index is 1.27. The molecular formula is C32H39N7O6. The highest BCUT2D eigenvalue weighted by atomic mass is 16.7. The molecule has 13 heteroatoms. The fourth-order valence-corrected chi connectivity index (χ4v) is 5.96. The predicted octanol–water partition coefficient (Wildman–Crippen LogP) is 1.70. The maximum Gasteiger partial charge on any atom is 0.350 e. The second-order valence-corrected chi connectivity index (χ2v) is 11.6. The Hall–Kier alpha value is -3.95. The number of allylic oxidation sites excluding steroid dienone is 1. The molecule has 0 bridgehead atoms. The number of pyridine rings is 1. The Bertz CT molecular complexity index is 1680. The standard InChI is InChI=1S/C32H39N7O6/c1-3-8-31(40,41)39(32(42,43)44)11-10-37-21-25(20-33-37)24-17-26-28(18-24)34-30(19-29(26)36-12-14-45-15-13-36)38-9-7-27(35-38)23-6-4-5-22(2)16-23/h4-7,9,16,18-21,40-44H,3,8,10-15,17H2,1-2H3. The molecule has 0 radical (unpaired) electrons. The van der Waals surface area contributed by atoms with Gasteiger partial charge in [0.25, 0.3) is 0 Å². The lowest BCUT2D eigenvalue weighted by atomic mass is 10.1. The van der Waals surface area contributed by atoms with Crippen LogP contribution in [-0.4, -0.2) is 99.8 Å². The van der Waals surface area contributed by atoms with Crippen LogP contribution in [0.3, 0.4) is 0 Å². The highest BCUT2D eigenvalue weighted by Crippen LogP contribution is 2.38. The van der Waals surface area contributed by atoms with Crippen LogP contribution in [0.5, 0.6) is 0 Å². The molecule has 238 valence electrons. The number of aliphatic hydroxyl groups is 5. The van der Waals surface area contributed by atoms with Gasteiger partial charge in [0, 0.05) is 73.3 Å². The topological polar surface area (TPSA) is 165 Å². The van der Waals surface area contributed by atoms with Crippen molar-refractivity contribution in [3.63, 3.8) is 0 Å². The summed E-state index contributed by atoms with van der Waals surface area (Å²) in [7, 11) is 0.